The molecule has 172 valence electrons. The molecule has 1 fully saturated rings. The van der Waals surface area contributed by atoms with E-state index in [9.17, 15) is 14.0 Å². The lowest BCUT2D eigenvalue weighted by molar-refractivity contribution is 0.0347. The molecule has 2 heterocycles. The molecule has 0 spiro atoms. The van der Waals surface area contributed by atoms with Crippen molar-refractivity contribution >= 4 is 38.7 Å². The third kappa shape index (κ3) is 4.64. The van der Waals surface area contributed by atoms with Gasteiger partial charge in [-0.15, -0.1) is 0 Å². The Labute approximate surface area is 203 Å². The summed E-state index contributed by atoms with van der Waals surface area (Å²) in [6.45, 7) is 0.236. The highest BCUT2D eigenvalue weighted by molar-refractivity contribution is 9.10. The molecule has 1 amide bonds. The van der Waals surface area contributed by atoms with Crippen molar-refractivity contribution in [3.8, 4) is 0 Å². The highest BCUT2D eigenvalue weighted by Crippen LogP contribution is 2.33. The van der Waals surface area contributed by atoms with Crippen molar-refractivity contribution < 1.29 is 13.9 Å². The van der Waals surface area contributed by atoms with Crippen molar-refractivity contribution in [1.29, 1.82) is 0 Å². The van der Waals surface area contributed by atoms with Crippen molar-refractivity contribution in [3.63, 3.8) is 0 Å². The van der Waals surface area contributed by atoms with Crippen molar-refractivity contribution in [1.82, 2.24) is 9.55 Å². The van der Waals surface area contributed by atoms with Gasteiger partial charge in [0.2, 0.25) is 5.95 Å². The zero-order chi connectivity index (χ0) is 23.7. The lowest BCUT2D eigenvalue weighted by atomic mass is 10.1. The van der Waals surface area contributed by atoms with Crippen LogP contribution in [0.4, 0.5) is 10.3 Å². The molecule has 3 aromatic carbocycles. The van der Waals surface area contributed by atoms with Gasteiger partial charge in [0.05, 0.1) is 29.7 Å². The molecule has 0 saturated carbocycles. The fourth-order valence-corrected chi connectivity index (χ4v) is 4.54. The number of ether oxygens (including phenoxy) is 1. The molecule has 1 N–H and O–H groups in total. The van der Waals surface area contributed by atoms with Gasteiger partial charge in [0.15, 0.2) is 0 Å². The minimum Gasteiger partial charge on any atom is -0.368 e. The fourth-order valence-electron chi connectivity index (χ4n) is 4.19. The second-order valence-corrected chi connectivity index (χ2v) is 9.12. The van der Waals surface area contributed by atoms with Gasteiger partial charge in [0.25, 0.3) is 11.5 Å². The molecular weight excluding hydrogens is 501 g/mol. The normalized spacial score (nSPS) is 17.7. The van der Waals surface area contributed by atoms with Crippen molar-refractivity contribution in [2.75, 3.05) is 5.32 Å². The lowest BCUT2D eigenvalue weighted by Gasteiger charge is -2.19. The summed E-state index contributed by atoms with van der Waals surface area (Å²) in [6.07, 6.45) is 1.05. The number of anilines is 1. The van der Waals surface area contributed by atoms with Crippen LogP contribution in [0.5, 0.6) is 0 Å². The van der Waals surface area contributed by atoms with Crippen molar-refractivity contribution in [2.45, 2.75) is 31.6 Å². The smallest absolute Gasteiger partial charge is 0.262 e. The van der Waals surface area contributed by atoms with Gasteiger partial charge in [0, 0.05) is 10.0 Å². The van der Waals surface area contributed by atoms with E-state index in [1.807, 2.05) is 6.07 Å². The largest absolute Gasteiger partial charge is 0.368 e. The maximum absolute atomic E-state index is 13.4. The number of carbonyl (C=O) groups excluding carboxylic acids is 1. The van der Waals surface area contributed by atoms with Crippen LogP contribution in [0.3, 0.4) is 0 Å². The number of carbonyl (C=O) groups is 1. The van der Waals surface area contributed by atoms with Crippen LogP contribution >= 0.6 is 15.9 Å². The molecule has 0 bridgehead atoms. The highest BCUT2D eigenvalue weighted by atomic mass is 79.9. The molecule has 1 aliphatic rings. The predicted octanol–water partition coefficient (Wildman–Crippen LogP) is 5.47. The van der Waals surface area contributed by atoms with E-state index in [1.54, 1.807) is 54.6 Å². The number of fused-ring (bicyclic) bond motifs is 1. The maximum atomic E-state index is 13.4. The van der Waals surface area contributed by atoms with Gasteiger partial charge < -0.3 is 4.74 Å². The first kappa shape index (κ1) is 22.4. The second-order valence-electron chi connectivity index (χ2n) is 8.21. The molecule has 1 aromatic heterocycles. The molecular formula is C26H21BrFN3O3. The summed E-state index contributed by atoms with van der Waals surface area (Å²) in [4.78, 5) is 30.9. The molecule has 1 saturated heterocycles. The number of hydrogen-bond acceptors (Lipinski definition) is 4. The Morgan fingerprint density at radius 1 is 1.09 bits per heavy atom. The average molecular weight is 522 g/mol. The van der Waals surface area contributed by atoms with Gasteiger partial charge in [-0.25, -0.2) is 9.37 Å². The van der Waals surface area contributed by atoms with E-state index in [-0.39, 0.29) is 42.0 Å². The van der Waals surface area contributed by atoms with E-state index >= 15 is 0 Å². The van der Waals surface area contributed by atoms with Gasteiger partial charge in [-0.3, -0.25) is 19.5 Å². The Bertz CT molecular complexity index is 1410. The van der Waals surface area contributed by atoms with Crippen LogP contribution in [0, 0.1) is 5.82 Å². The Hall–Kier alpha value is -3.36. The molecule has 0 radical (unpaired) electrons. The van der Waals surface area contributed by atoms with Crippen LogP contribution in [0.15, 0.2) is 82.1 Å². The first-order valence-electron chi connectivity index (χ1n) is 11.0. The van der Waals surface area contributed by atoms with E-state index in [0.717, 1.165) is 22.9 Å². The Balaban J connectivity index is 1.46. The zero-order valence-electron chi connectivity index (χ0n) is 18.1. The zero-order valence-corrected chi connectivity index (χ0v) is 19.7. The molecule has 34 heavy (non-hydrogen) atoms. The van der Waals surface area contributed by atoms with Gasteiger partial charge in [-0.2, -0.15) is 0 Å². The summed E-state index contributed by atoms with van der Waals surface area (Å²) in [6, 6.07) is 20.3. The van der Waals surface area contributed by atoms with Crippen LogP contribution in [-0.4, -0.2) is 21.6 Å². The average Bonchev–Trinajstić information content (AvgIpc) is 3.31. The number of nitrogens with one attached hydrogen (secondary N) is 1. The first-order chi connectivity index (χ1) is 16.5. The number of hydrogen-bond donors (Lipinski definition) is 1. The van der Waals surface area contributed by atoms with Crippen LogP contribution in [0.1, 0.15) is 34.9 Å². The molecule has 0 aliphatic carbocycles. The monoisotopic (exact) mass is 521 g/mol. The molecule has 6 nitrogen and oxygen atoms in total. The number of amides is 1. The van der Waals surface area contributed by atoms with Crippen LogP contribution in [0.25, 0.3) is 10.9 Å². The van der Waals surface area contributed by atoms with Gasteiger partial charge in [-0.05, 0) is 60.9 Å². The molecule has 2 unspecified atom stereocenters. The SMILES string of the molecule is O=C(Nc1nc2cc(Br)ccc2c(=O)n1CC1CCC(c2ccc(F)cc2)O1)c1ccccc1. The predicted molar refractivity (Wildman–Crippen MR) is 131 cm³/mol. The maximum Gasteiger partial charge on any atom is 0.262 e. The minimum absolute atomic E-state index is 0.165. The summed E-state index contributed by atoms with van der Waals surface area (Å²) in [5.41, 5.74) is 1.59. The molecule has 8 heteroatoms. The Morgan fingerprint density at radius 2 is 1.85 bits per heavy atom. The number of benzene rings is 3. The third-order valence-electron chi connectivity index (χ3n) is 5.91. The van der Waals surface area contributed by atoms with Crippen molar-refractivity contribution in [2.24, 2.45) is 0 Å². The number of aromatic nitrogens is 2. The molecule has 1 aliphatic heterocycles. The molecule has 2 atom stereocenters. The lowest BCUT2D eigenvalue weighted by Crippen LogP contribution is -2.31. The third-order valence-corrected chi connectivity index (χ3v) is 6.41. The van der Waals surface area contributed by atoms with Gasteiger partial charge in [0.1, 0.15) is 5.82 Å². The molecule has 5 rings (SSSR count). The Morgan fingerprint density at radius 3 is 2.62 bits per heavy atom. The van der Waals surface area contributed by atoms with Crippen molar-refractivity contribution in [3.05, 3.63) is 105 Å². The first-order valence-corrected chi connectivity index (χ1v) is 11.7. The standard InChI is InChI=1S/C26H21BrFN3O3/c27-18-8-12-21-22(14-18)29-26(30-24(32)17-4-2-1-3-5-17)31(25(21)33)15-20-11-13-23(34-20)16-6-9-19(28)10-7-16/h1-10,12,14,20,23H,11,13,15H2,(H,29,30,32). The summed E-state index contributed by atoms with van der Waals surface area (Å²) in [7, 11) is 0. The highest BCUT2D eigenvalue weighted by Gasteiger charge is 2.28. The minimum atomic E-state index is -0.355. The summed E-state index contributed by atoms with van der Waals surface area (Å²) >= 11 is 3.41. The number of halogens is 2. The quantitative estimate of drug-likeness (QED) is 0.377. The van der Waals surface area contributed by atoms with Gasteiger partial charge in [-0.1, -0.05) is 46.3 Å². The number of rotatable bonds is 5. The summed E-state index contributed by atoms with van der Waals surface area (Å²) in [5.74, 6) is -0.483. The topological polar surface area (TPSA) is 73.2 Å². The summed E-state index contributed by atoms with van der Waals surface area (Å²) < 4.78 is 21.7. The van der Waals surface area contributed by atoms with Crippen LogP contribution < -0.4 is 10.9 Å². The summed E-state index contributed by atoms with van der Waals surface area (Å²) in [5, 5.41) is 3.26. The second kappa shape index (κ2) is 9.48. The van der Waals surface area contributed by atoms with E-state index in [0.29, 0.717) is 16.5 Å². The molecule has 4 aromatic rings. The fraction of sp³-hybridized carbons (Fsp3) is 0.192. The van der Waals surface area contributed by atoms with Crippen LogP contribution in [0.2, 0.25) is 0 Å². The Kier molecular flexibility index (Phi) is 6.26. The number of nitrogens with zero attached hydrogens (tertiary/aromatic N) is 2. The van der Waals surface area contributed by atoms with Crippen LogP contribution in [-0.2, 0) is 11.3 Å². The van der Waals surface area contributed by atoms with E-state index in [4.69, 9.17) is 4.74 Å². The van der Waals surface area contributed by atoms with E-state index in [2.05, 4.69) is 26.2 Å². The van der Waals surface area contributed by atoms with E-state index < -0.39 is 0 Å². The van der Waals surface area contributed by atoms with E-state index in [1.165, 1.54) is 16.7 Å². The van der Waals surface area contributed by atoms with Gasteiger partial charge >= 0.3 is 0 Å².